The number of carbonyl (C=O) groups is 1. The van der Waals surface area contributed by atoms with E-state index in [4.69, 9.17) is 4.74 Å². The highest BCUT2D eigenvalue weighted by Crippen LogP contribution is 2.28. The van der Waals surface area contributed by atoms with Gasteiger partial charge in [-0.05, 0) is 49.6 Å². The number of allylic oxidation sites excluding steroid dienone is 1. The average molecular weight is 450 g/mol. The molecule has 0 saturated carbocycles. The van der Waals surface area contributed by atoms with Crippen molar-refractivity contribution >= 4 is 16.0 Å². The van der Waals surface area contributed by atoms with Crippen LogP contribution in [0.4, 0.5) is 0 Å². The maximum atomic E-state index is 13.1. The molecule has 1 unspecified atom stereocenters. The Morgan fingerprint density at radius 1 is 0.938 bits per heavy atom. The summed E-state index contributed by atoms with van der Waals surface area (Å²) in [6.45, 7) is 5.49. The third kappa shape index (κ3) is 5.52. The Morgan fingerprint density at radius 2 is 1.53 bits per heavy atom. The second-order valence-corrected chi connectivity index (χ2v) is 9.03. The van der Waals surface area contributed by atoms with Crippen LogP contribution in [-0.2, 0) is 19.6 Å². The number of benzene rings is 3. The summed E-state index contributed by atoms with van der Waals surface area (Å²) >= 11 is 0. The van der Waals surface area contributed by atoms with E-state index < -0.39 is 22.0 Å². The third-order valence-electron chi connectivity index (χ3n) is 5.09. The van der Waals surface area contributed by atoms with Gasteiger partial charge in [0.25, 0.3) is 0 Å². The second kappa shape index (κ2) is 10.4. The van der Waals surface area contributed by atoms with Crippen molar-refractivity contribution < 1.29 is 17.9 Å². The standard InChI is InChI=1S/C26H27NO4S/c1-4-24(26(28)31-5-2)25(27-32(29,30)23-17-11-19(3)12-18-23)22-15-13-21(14-16-22)20-9-7-6-8-10-20/h4,6-18,25,27H,5H2,1-3H3. The molecule has 0 spiro atoms. The van der Waals surface area contributed by atoms with Crippen molar-refractivity contribution in [2.24, 2.45) is 0 Å². The van der Waals surface area contributed by atoms with E-state index >= 15 is 0 Å². The molecule has 0 fully saturated rings. The monoisotopic (exact) mass is 449 g/mol. The zero-order valence-corrected chi connectivity index (χ0v) is 19.2. The van der Waals surface area contributed by atoms with Crippen LogP contribution in [0.25, 0.3) is 11.1 Å². The van der Waals surface area contributed by atoms with Gasteiger partial charge in [-0.25, -0.2) is 13.2 Å². The fourth-order valence-electron chi connectivity index (χ4n) is 3.37. The summed E-state index contributed by atoms with van der Waals surface area (Å²) in [4.78, 5) is 12.8. The molecular weight excluding hydrogens is 422 g/mol. The van der Waals surface area contributed by atoms with Crippen LogP contribution in [0.5, 0.6) is 0 Å². The van der Waals surface area contributed by atoms with Gasteiger partial charge in [0, 0.05) is 0 Å². The lowest BCUT2D eigenvalue weighted by Gasteiger charge is -2.22. The highest BCUT2D eigenvalue weighted by atomic mass is 32.2. The molecule has 0 radical (unpaired) electrons. The molecule has 32 heavy (non-hydrogen) atoms. The maximum Gasteiger partial charge on any atom is 0.335 e. The van der Waals surface area contributed by atoms with Crippen LogP contribution >= 0.6 is 0 Å². The molecule has 0 aliphatic rings. The van der Waals surface area contributed by atoms with Gasteiger partial charge in [0.15, 0.2) is 0 Å². The molecule has 0 aromatic heterocycles. The van der Waals surface area contributed by atoms with Crippen LogP contribution in [0.2, 0.25) is 0 Å². The van der Waals surface area contributed by atoms with Crippen molar-refractivity contribution in [1.29, 1.82) is 0 Å². The molecule has 1 atom stereocenters. The van der Waals surface area contributed by atoms with Crippen molar-refractivity contribution in [2.45, 2.75) is 31.7 Å². The minimum atomic E-state index is -3.89. The molecule has 0 saturated heterocycles. The van der Waals surface area contributed by atoms with Gasteiger partial charge in [-0.1, -0.05) is 78.4 Å². The summed E-state index contributed by atoms with van der Waals surface area (Å²) in [6.07, 6.45) is 1.59. The molecule has 0 aliphatic carbocycles. The second-order valence-electron chi connectivity index (χ2n) is 7.32. The number of nitrogens with one attached hydrogen (secondary N) is 1. The van der Waals surface area contributed by atoms with Crippen molar-refractivity contribution in [1.82, 2.24) is 4.72 Å². The Kier molecular flexibility index (Phi) is 7.62. The summed E-state index contributed by atoms with van der Waals surface area (Å²) in [5.74, 6) is -0.557. The molecule has 3 aromatic carbocycles. The first kappa shape index (κ1) is 23.4. The average Bonchev–Trinajstić information content (AvgIpc) is 2.80. The van der Waals surface area contributed by atoms with E-state index in [0.29, 0.717) is 5.56 Å². The minimum Gasteiger partial charge on any atom is -0.463 e. The van der Waals surface area contributed by atoms with Crippen molar-refractivity contribution in [3.63, 3.8) is 0 Å². The van der Waals surface area contributed by atoms with E-state index in [1.54, 1.807) is 44.2 Å². The molecule has 1 N–H and O–H groups in total. The molecule has 3 rings (SSSR count). The first-order chi connectivity index (χ1) is 15.4. The lowest BCUT2D eigenvalue weighted by molar-refractivity contribution is -0.138. The van der Waals surface area contributed by atoms with Crippen molar-refractivity contribution in [3.05, 3.63) is 102 Å². The number of rotatable bonds is 8. The number of hydrogen-bond donors (Lipinski definition) is 1. The van der Waals surface area contributed by atoms with Gasteiger partial charge in [0.2, 0.25) is 10.0 Å². The summed E-state index contributed by atoms with van der Waals surface area (Å²) in [7, 11) is -3.89. The zero-order chi connectivity index (χ0) is 23.1. The van der Waals surface area contributed by atoms with Crippen molar-refractivity contribution in [2.75, 3.05) is 6.61 Å². The van der Waals surface area contributed by atoms with Gasteiger partial charge in [-0.3, -0.25) is 0 Å². The quantitative estimate of drug-likeness (QED) is 0.379. The van der Waals surface area contributed by atoms with Gasteiger partial charge in [0.1, 0.15) is 0 Å². The smallest absolute Gasteiger partial charge is 0.335 e. The Hall–Kier alpha value is -3.22. The number of esters is 1. The SMILES string of the molecule is CC=C(C(=O)OCC)C(NS(=O)(=O)c1ccc(C)cc1)c1ccc(-c2ccccc2)cc1. The van der Waals surface area contributed by atoms with Crippen LogP contribution in [0.15, 0.2) is 95.4 Å². The van der Waals surface area contributed by atoms with Crippen molar-refractivity contribution in [3.8, 4) is 11.1 Å². The third-order valence-corrected chi connectivity index (χ3v) is 6.53. The van der Waals surface area contributed by atoms with Crippen LogP contribution in [-0.4, -0.2) is 21.0 Å². The zero-order valence-electron chi connectivity index (χ0n) is 18.4. The Morgan fingerprint density at radius 3 is 2.09 bits per heavy atom. The first-order valence-electron chi connectivity index (χ1n) is 10.4. The summed E-state index contributed by atoms with van der Waals surface area (Å²) in [5, 5.41) is 0. The van der Waals surface area contributed by atoms with E-state index in [2.05, 4.69) is 4.72 Å². The lowest BCUT2D eigenvalue weighted by atomic mass is 9.96. The molecule has 166 valence electrons. The van der Waals surface area contributed by atoms with E-state index in [9.17, 15) is 13.2 Å². The predicted molar refractivity (Wildman–Crippen MR) is 127 cm³/mol. The molecule has 0 aliphatic heterocycles. The van der Waals surface area contributed by atoms with Crippen LogP contribution in [0.1, 0.15) is 31.0 Å². The number of hydrogen-bond acceptors (Lipinski definition) is 4. The molecule has 5 nitrogen and oxygen atoms in total. The molecule has 3 aromatic rings. The first-order valence-corrected chi connectivity index (χ1v) is 11.9. The predicted octanol–water partition coefficient (Wildman–Crippen LogP) is 5.19. The molecule has 6 heteroatoms. The highest BCUT2D eigenvalue weighted by Gasteiger charge is 2.28. The number of aryl methyl sites for hydroxylation is 1. The fraction of sp³-hybridized carbons (Fsp3) is 0.192. The summed E-state index contributed by atoms with van der Waals surface area (Å²) in [5.41, 5.74) is 3.87. The summed E-state index contributed by atoms with van der Waals surface area (Å²) < 4.78 is 34.1. The topological polar surface area (TPSA) is 72.5 Å². The van der Waals surface area contributed by atoms with E-state index in [1.807, 2.05) is 61.5 Å². The van der Waals surface area contributed by atoms with Gasteiger partial charge in [-0.2, -0.15) is 4.72 Å². The van der Waals surface area contributed by atoms with Gasteiger partial charge in [-0.15, -0.1) is 0 Å². The summed E-state index contributed by atoms with van der Waals surface area (Å²) in [6, 6.07) is 23.0. The normalized spacial score (nSPS) is 12.9. The largest absolute Gasteiger partial charge is 0.463 e. The van der Waals surface area contributed by atoms with E-state index in [-0.39, 0.29) is 17.1 Å². The highest BCUT2D eigenvalue weighted by molar-refractivity contribution is 7.89. The van der Waals surface area contributed by atoms with Crippen LogP contribution in [0.3, 0.4) is 0 Å². The molecule has 0 amide bonds. The minimum absolute atomic E-state index is 0.133. The van der Waals surface area contributed by atoms with Gasteiger partial charge >= 0.3 is 5.97 Å². The molecular formula is C26H27NO4S. The molecule has 0 heterocycles. The van der Waals surface area contributed by atoms with Gasteiger partial charge in [0.05, 0.1) is 23.1 Å². The Balaban J connectivity index is 2.01. The Labute approximate surface area is 189 Å². The maximum absolute atomic E-state index is 13.1. The van der Waals surface area contributed by atoms with Gasteiger partial charge < -0.3 is 4.74 Å². The van der Waals surface area contributed by atoms with Crippen LogP contribution in [0, 0.1) is 6.92 Å². The Bertz CT molecular complexity index is 1180. The number of ether oxygens (including phenoxy) is 1. The fourth-order valence-corrected chi connectivity index (χ4v) is 4.57. The number of sulfonamides is 1. The van der Waals surface area contributed by atoms with Crippen LogP contribution < -0.4 is 4.72 Å². The lowest BCUT2D eigenvalue weighted by Crippen LogP contribution is -2.32. The number of carbonyl (C=O) groups excluding carboxylic acids is 1. The molecule has 0 bridgehead atoms. The van der Waals surface area contributed by atoms with E-state index in [1.165, 1.54) is 0 Å². The van der Waals surface area contributed by atoms with E-state index in [0.717, 1.165) is 16.7 Å².